The number of ether oxygens (including phenoxy) is 1. The largest absolute Gasteiger partial charge is 0.371 e. The van der Waals surface area contributed by atoms with Gasteiger partial charge in [0.25, 0.3) is 0 Å². The van der Waals surface area contributed by atoms with Crippen molar-refractivity contribution in [1.29, 1.82) is 0 Å². The van der Waals surface area contributed by atoms with Crippen LogP contribution in [0, 0.1) is 0 Å². The van der Waals surface area contributed by atoms with E-state index in [-0.39, 0.29) is 6.10 Å². The van der Waals surface area contributed by atoms with Crippen molar-refractivity contribution in [3.63, 3.8) is 0 Å². The van der Waals surface area contributed by atoms with Gasteiger partial charge in [-0.3, -0.25) is 4.90 Å². The monoisotopic (exact) mass is 372 g/mol. The molecule has 0 bridgehead atoms. The normalized spacial score (nSPS) is 26.5. The first-order chi connectivity index (χ1) is 12.8. The molecule has 2 aromatic heterocycles. The van der Waals surface area contributed by atoms with Gasteiger partial charge in [0.2, 0.25) is 0 Å². The van der Waals surface area contributed by atoms with Gasteiger partial charge in [-0.2, -0.15) is 0 Å². The lowest BCUT2D eigenvalue weighted by molar-refractivity contribution is 0.111. The second kappa shape index (κ2) is 7.06. The Kier molecular flexibility index (Phi) is 4.59. The molecule has 0 radical (unpaired) electrons. The van der Waals surface area contributed by atoms with Gasteiger partial charge in [0.05, 0.1) is 17.4 Å². The first-order valence-corrected chi connectivity index (χ1v) is 11.0. The third-order valence-corrected chi connectivity index (χ3v) is 7.20. The number of hydrogen-bond donors (Lipinski definition) is 0. The van der Waals surface area contributed by atoms with Gasteiger partial charge in [-0.25, -0.2) is 9.97 Å². The number of rotatable bonds is 4. The second-order valence-corrected chi connectivity index (χ2v) is 8.83. The molecule has 2 atom stereocenters. The Hall–Kier alpha value is -1.24. The molecule has 0 spiro atoms. The summed E-state index contributed by atoms with van der Waals surface area (Å²) in [5.41, 5.74) is 4.04. The van der Waals surface area contributed by atoms with Crippen LogP contribution < -0.4 is 0 Å². The average Bonchev–Trinajstić information content (AvgIpc) is 3.42. The van der Waals surface area contributed by atoms with Crippen molar-refractivity contribution in [2.24, 2.45) is 7.05 Å². The van der Waals surface area contributed by atoms with Gasteiger partial charge in [0.1, 0.15) is 16.9 Å². The first-order valence-electron chi connectivity index (χ1n) is 10.1. The summed E-state index contributed by atoms with van der Waals surface area (Å²) < 4.78 is 8.20. The van der Waals surface area contributed by atoms with Crippen molar-refractivity contribution < 1.29 is 4.74 Å². The smallest absolute Gasteiger partial charge is 0.126 e. The highest BCUT2D eigenvalue weighted by Crippen LogP contribution is 2.36. The highest BCUT2D eigenvalue weighted by Gasteiger charge is 2.32. The number of fused-ring (bicyclic) bond motifs is 1. The van der Waals surface area contributed by atoms with E-state index in [9.17, 15) is 0 Å². The van der Waals surface area contributed by atoms with Gasteiger partial charge < -0.3 is 9.30 Å². The predicted molar refractivity (Wildman–Crippen MR) is 102 cm³/mol. The number of hydrogen-bond acceptors (Lipinski definition) is 5. The first kappa shape index (κ1) is 16.9. The lowest BCUT2D eigenvalue weighted by atomic mass is 10.0. The standard InChI is InChI=1S/C20H28N4OS/c1-23-16-7-3-2-6-15(16)22-19(23)17-8-4-10-24(17)12-14-13-26-20(21-14)18-9-5-11-25-18/h13,17-18H,2-12H2,1H3/t17-,18+/m1/s1. The van der Waals surface area contributed by atoms with E-state index in [0.29, 0.717) is 6.04 Å². The molecule has 2 aromatic rings. The van der Waals surface area contributed by atoms with Gasteiger partial charge in [0.15, 0.2) is 0 Å². The average molecular weight is 373 g/mol. The summed E-state index contributed by atoms with van der Waals surface area (Å²) >= 11 is 1.77. The second-order valence-electron chi connectivity index (χ2n) is 7.94. The summed E-state index contributed by atoms with van der Waals surface area (Å²) in [6, 6.07) is 0.443. The number of thiazole rings is 1. The number of aryl methyl sites for hydroxylation is 1. The molecule has 0 N–H and O–H groups in total. The molecule has 0 amide bonds. The molecule has 5 nitrogen and oxygen atoms in total. The molecule has 6 heteroatoms. The summed E-state index contributed by atoms with van der Waals surface area (Å²) in [4.78, 5) is 12.6. The van der Waals surface area contributed by atoms with E-state index in [1.54, 1.807) is 11.3 Å². The highest BCUT2D eigenvalue weighted by atomic mass is 32.1. The minimum Gasteiger partial charge on any atom is -0.371 e. The van der Waals surface area contributed by atoms with Crippen LogP contribution >= 0.6 is 11.3 Å². The maximum Gasteiger partial charge on any atom is 0.126 e. The quantitative estimate of drug-likeness (QED) is 0.815. The summed E-state index contributed by atoms with van der Waals surface area (Å²) in [5.74, 6) is 1.28. The van der Waals surface area contributed by atoms with Crippen molar-refractivity contribution in [2.45, 2.75) is 70.1 Å². The molecule has 4 heterocycles. The zero-order valence-corrected chi connectivity index (χ0v) is 16.4. The Balaban J connectivity index is 1.34. The van der Waals surface area contributed by atoms with Crippen LogP contribution in [-0.4, -0.2) is 32.6 Å². The van der Waals surface area contributed by atoms with Crippen LogP contribution in [0.4, 0.5) is 0 Å². The molecule has 26 heavy (non-hydrogen) atoms. The number of likely N-dealkylation sites (tertiary alicyclic amines) is 1. The maximum atomic E-state index is 5.80. The molecule has 2 saturated heterocycles. The van der Waals surface area contributed by atoms with Crippen LogP contribution in [0.3, 0.4) is 0 Å². The van der Waals surface area contributed by atoms with Crippen molar-refractivity contribution in [3.8, 4) is 0 Å². The summed E-state index contributed by atoms with van der Waals surface area (Å²) in [7, 11) is 2.22. The Labute approximate surface area is 159 Å². The van der Waals surface area contributed by atoms with E-state index in [1.807, 2.05) is 0 Å². The third kappa shape index (κ3) is 3.02. The van der Waals surface area contributed by atoms with Gasteiger partial charge in [-0.15, -0.1) is 11.3 Å². The van der Waals surface area contributed by atoms with E-state index in [1.165, 1.54) is 60.0 Å². The SMILES string of the molecule is Cn1c([C@H]2CCCN2Cc2csc([C@@H]3CCCO3)n2)nc2c1CCCC2. The fourth-order valence-electron chi connectivity index (χ4n) is 4.84. The van der Waals surface area contributed by atoms with E-state index in [0.717, 1.165) is 39.0 Å². The Morgan fingerprint density at radius 3 is 2.92 bits per heavy atom. The minimum absolute atomic E-state index is 0.240. The lowest BCUT2D eigenvalue weighted by Gasteiger charge is -2.23. The molecule has 3 aliphatic rings. The Morgan fingerprint density at radius 1 is 1.15 bits per heavy atom. The van der Waals surface area contributed by atoms with Gasteiger partial charge in [-0.1, -0.05) is 0 Å². The van der Waals surface area contributed by atoms with E-state index in [4.69, 9.17) is 14.7 Å². The van der Waals surface area contributed by atoms with Crippen molar-refractivity contribution >= 4 is 11.3 Å². The van der Waals surface area contributed by atoms with E-state index >= 15 is 0 Å². The van der Waals surface area contributed by atoms with Crippen LogP contribution in [0.1, 0.15) is 78.6 Å². The number of nitrogens with zero attached hydrogens (tertiary/aromatic N) is 4. The minimum atomic E-state index is 0.240. The van der Waals surface area contributed by atoms with Crippen LogP contribution in [0.15, 0.2) is 5.38 Å². The van der Waals surface area contributed by atoms with E-state index in [2.05, 4.69) is 21.9 Å². The molecule has 2 aliphatic heterocycles. The molecule has 0 aromatic carbocycles. The Bertz CT molecular complexity index is 777. The Morgan fingerprint density at radius 2 is 2.08 bits per heavy atom. The summed E-state index contributed by atoms with van der Waals surface area (Å²) in [6.07, 6.45) is 9.96. The molecular formula is C20H28N4OS. The maximum absolute atomic E-state index is 5.80. The van der Waals surface area contributed by atoms with Crippen molar-refractivity contribution in [1.82, 2.24) is 19.4 Å². The molecular weight excluding hydrogens is 344 g/mol. The zero-order chi connectivity index (χ0) is 17.5. The molecule has 0 unspecified atom stereocenters. The van der Waals surface area contributed by atoms with Crippen LogP contribution in [0.25, 0.3) is 0 Å². The predicted octanol–water partition coefficient (Wildman–Crippen LogP) is 3.94. The van der Waals surface area contributed by atoms with Crippen LogP contribution in [0.2, 0.25) is 0 Å². The van der Waals surface area contributed by atoms with Gasteiger partial charge in [-0.05, 0) is 57.9 Å². The number of aromatic nitrogens is 3. The fraction of sp³-hybridized carbons (Fsp3) is 0.700. The van der Waals surface area contributed by atoms with Crippen molar-refractivity contribution in [2.75, 3.05) is 13.2 Å². The highest BCUT2D eigenvalue weighted by molar-refractivity contribution is 7.09. The third-order valence-electron chi connectivity index (χ3n) is 6.21. The lowest BCUT2D eigenvalue weighted by Crippen LogP contribution is -2.25. The fourth-order valence-corrected chi connectivity index (χ4v) is 5.73. The van der Waals surface area contributed by atoms with Gasteiger partial charge >= 0.3 is 0 Å². The number of imidazole rings is 1. The van der Waals surface area contributed by atoms with Crippen LogP contribution in [-0.2, 0) is 31.2 Å². The molecule has 5 rings (SSSR count). The molecule has 1 aliphatic carbocycles. The van der Waals surface area contributed by atoms with Crippen molar-refractivity contribution in [3.05, 3.63) is 33.3 Å². The van der Waals surface area contributed by atoms with Gasteiger partial charge in [0, 0.05) is 31.3 Å². The zero-order valence-electron chi connectivity index (χ0n) is 15.6. The molecule has 0 saturated carbocycles. The van der Waals surface area contributed by atoms with E-state index < -0.39 is 0 Å². The molecule has 140 valence electrons. The van der Waals surface area contributed by atoms with Crippen LogP contribution in [0.5, 0.6) is 0 Å². The summed E-state index contributed by atoms with van der Waals surface area (Å²) in [5, 5.41) is 3.40. The molecule has 2 fully saturated rings. The topological polar surface area (TPSA) is 43.2 Å². The summed E-state index contributed by atoms with van der Waals surface area (Å²) in [6.45, 7) is 2.97.